The van der Waals surface area contributed by atoms with Gasteiger partial charge in [0, 0.05) is 5.56 Å². The predicted molar refractivity (Wildman–Crippen MR) is 92.0 cm³/mol. The Balaban J connectivity index is 1.73. The lowest BCUT2D eigenvalue weighted by Crippen LogP contribution is -2.06. The van der Waals surface area contributed by atoms with Gasteiger partial charge in [0.15, 0.2) is 11.5 Å². The van der Waals surface area contributed by atoms with E-state index in [2.05, 4.69) is 16.8 Å². The molecule has 1 aliphatic heterocycles. The van der Waals surface area contributed by atoms with Crippen molar-refractivity contribution in [1.82, 2.24) is 10.2 Å². The largest absolute Gasteiger partial charge is 0.489 e. The fraction of sp³-hybridized carbons (Fsp3) is 0.158. The number of aromatic nitrogens is 2. The molecule has 0 bridgehead atoms. The van der Waals surface area contributed by atoms with Gasteiger partial charge in [0.25, 0.3) is 5.89 Å². The molecule has 144 valence electrons. The molecule has 4 rings (SSSR count). The van der Waals surface area contributed by atoms with Gasteiger partial charge >= 0.3 is 6.18 Å². The van der Waals surface area contributed by atoms with Crippen LogP contribution in [0.15, 0.2) is 53.5 Å². The first-order valence-corrected chi connectivity index (χ1v) is 8.14. The second-order valence-electron chi connectivity index (χ2n) is 5.79. The Morgan fingerprint density at radius 2 is 1.82 bits per heavy atom. The van der Waals surface area contributed by atoms with E-state index in [0.29, 0.717) is 17.1 Å². The molecule has 0 spiro atoms. The summed E-state index contributed by atoms with van der Waals surface area (Å²) in [5.41, 5.74) is -0.268. The van der Waals surface area contributed by atoms with E-state index in [4.69, 9.17) is 18.6 Å². The maximum absolute atomic E-state index is 13.1. The highest BCUT2D eigenvalue weighted by Gasteiger charge is 2.32. The van der Waals surface area contributed by atoms with Gasteiger partial charge in [-0.2, -0.15) is 13.2 Å². The molecular formula is C19H13F3N2O4. The molecule has 0 unspecified atom stereocenters. The van der Waals surface area contributed by atoms with Crippen LogP contribution < -0.4 is 14.2 Å². The van der Waals surface area contributed by atoms with Crippen LogP contribution in [0.2, 0.25) is 0 Å². The number of benzene rings is 2. The number of rotatable bonds is 5. The summed E-state index contributed by atoms with van der Waals surface area (Å²) in [6.07, 6.45) is -3.04. The van der Waals surface area contributed by atoms with E-state index < -0.39 is 11.7 Å². The van der Waals surface area contributed by atoms with Gasteiger partial charge in [-0.25, -0.2) is 0 Å². The van der Waals surface area contributed by atoms with Gasteiger partial charge in [0.05, 0.1) is 11.1 Å². The Hall–Kier alpha value is -3.49. The smallest absolute Gasteiger partial charge is 0.416 e. The van der Waals surface area contributed by atoms with Crippen LogP contribution in [0.5, 0.6) is 17.2 Å². The van der Waals surface area contributed by atoms with Crippen LogP contribution in [0, 0.1) is 0 Å². The van der Waals surface area contributed by atoms with Gasteiger partial charge in [0.2, 0.25) is 12.7 Å². The summed E-state index contributed by atoms with van der Waals surface area (Å²) in [5.74, 6) is 1.31. The maximum atomic E-state index is 13.1. The van der Waals surface area contributed by atoms with Crippen molar-refractivity contribution in [2.75, 3.05) is 13.4 Å². The van der Waals surface area contributed by atoms with E-state index in [1.165, 1.54) is 12.1 Å². The second kappa shape index (κ2) is 6.91. The summed E-state index contributed by atoms with van der Waals surface area (Å²) in [7, 11) is 0. The van der Waals surface area contributed by atoms with E-state index in [1.807, 2.05) is 0 Å². The van der Waals surface area contributed by atoms with Crippen molar-refractivity contribution in [2.45, 2.75) is 6.18 Å². The van der Waals surface area contributed by atoms with Crippen LogP contribution >= 0.6 is 0 Å². The monoisotopic (exact) mass is 390 g/mol. The van der Waals surface area contributed by atoms with Crippen LogP contribution in [0.1, 0.15) is 5.56 Å². The van der Waals surface area contributed by atoms with Crippen molar-refractivity contribution < 1.29 is 31.8 Å². The van der Waals surface area contributed by atoms with Crippen molar-refractivity contribution in [3.8, 4) is 40.2 Å². The maximum Gasteiger partial charge on any atom is 0.416 e. The molecule has 9 heteroatoms. The molecule has 0 N–H and O–H groups in total. The highest BCUT2D eigenvalue weighted by atomic mass is 19.4. The summed E-state index contributed by atoms with van der Waals surface area (Å²) in [6, 6.07) is 8.08. The standard InChI is InChI=1S/C19H13F3N2O4/c1-2-7-25-14-6-4-12(19(20,21)22)9-13(14)18-24-23-17(28-18)11-3-5-15-16(8-11)27-10-26-15/h2-6,8-9H,1,7,10H2. The fourth-order valence-electron chi connectivity index (χ4n) is 2.63. The lowest BCUT2D eigenvalue weighted by atomic mass is 10.1. The highest BCUT2D eigenvalue weighted by molar-refractivity contribution is 5.66. The Morgan fingerprint density at radius 3 is 2.61 bits per heavy atom. The lowest BCUT2D eigenvalue weighted by molar-refractivity contribution is -0.137. The minimum absolute atomic E-state index is 0.0381. The van der Waals surface area contributed by atoms with E-state index in [0.717, 1.165) is 12.1 Å². The van der Waals surface area contributed by atoms with Gasteiger partial charge in [-0.15, -0.1) is 10.2 Å². The van der Waals surface area contributed by atoms with E-state index in [1.54, 1.807) is 18.2 Å². The number of nitrogens with zero attached hydrogens (tertiary/aromatic N) is 2. The zero-order valence-corrected chi connectivity index (χ0v) is 14.3. The lowest BCUT2D eigenvalue weighted by Gasteiger charge is -2.11. The molecule has 0 fully saturated rings. The van der Waals surface area contributed by atoms with Gasteiger partial charge in [-0.1, -0.05) is 12.7 Å². The number of fused-ring (bicyclic) bond motifs is 1. The molecule has 2 heterocycles. The number of halogens is 3. The van der Waals surface area contributed by atoms with Crippen LogP contribution in [-0.4, -0.2) is 23.6 Å². The minimum Gasteiger partial charge on any atom is -0.489 e. The second-order valence-corrected chi connectivity index (χ2v) is 5.79. The van der Waals surface area contributed by atoms with Gasteiger partial charge in [-0.05, 0) is 36.4 Å². The molecule has 2 aromatic carbocycles. The predicted octanol–water partition coefficient (Wildman–Crippen LogP) is 4.72. The number of hydrogen-bond acceptors (Lipinski definition) is 6. The molecule has 1 aromatic heterocycles. The van der Waals surface area contributed by atoms with Gasteiger partial charge in [-0.3, -0.25) is 0 Å². The summed E-state index contributed by atoms with van der Waals surface area (Å²) >= 11 is 0. The topological polar surface area (TPSA) is 66.6 Å². The summed E-state index contributed by atoms with van der Waals surface area (Å²) in [5, 5.41) is 7.82. The average Bonchev–Trinajstić information content (AvgIpc) is 3.34. The van der Waals surface area contributed by atoms with Crippen LogP contribution in [0.25, 0.3) is 22.9 Å². The van der Waals surface area contributed by atoms with E-state index in [-0.39, 0.29) is 36.5 Å². The molecule has 6 nitrogen and oxygen atoms in total. The third-order valence-corrected chi connectivity index (χ3v) is 3.94. The zero-order chi connectivity index (χ0) is 19.7. The highest BCUT2D eigenvalue weighted by Crippen LogP contribution is 2.39. The van der Waals surface area contributed by atoms with Crippen molar-refractivity contribution in [3.05, 3.63) is 54.6 Å². The normalized spacial score (nSPS) is 12.8. The Labute approximate surface area is 157 Å². The number of ether oxygens (including phenoxy) is 3. The number of alkyl halides is 3. The zero-order valence-electron chi connectivity index (χ0n) is 14.3. The molecule has 1 aliphatic rings. The Morgan fingerprint density at radius 1 is 1.04 bits per heavy atom. The molecule has 0 atom stereocenters. The van der Waals surface area contributed by atoms with E-state index in [9.17, 15) is 13.2 Å². The van der Waals surface area contributed by atoms with Crippen LogP contribution in [-0.2, 0) is 6.18 Å². The molecule has 0 amide bonds. The van der Waals surface area contributed by atoms with E-state index >= 15 is 0 Å². The van der Waals surface area contributed by atoms with Crippen molar-refractivity contribution in [1.29, 1.82) is 0 Å². The fourth-order valence-corrected chi connectivity index (χ4v) is 2.63. The van der Waals surface area contributed by atoms with Crippen LogP contribution in [0.3, 0.4) is 0 Å². The Kier molecular flexibility index (Phi) is 4.42. The third-order valence-electron chi connectivity index (χ3n) is 3.94. The third kappa shape index (κ3) is 3.38. The average molecular weight is 390 g/mol. The minimum atomic E-state index is -4.52. The van der Waals surface area contributed by atoms with Gasteiger partial charge < -0.3 is 18.6 Å². The molecule has 3 aromatic rings. The summed E-state index contributed by atoms with van der Waals surface area (Å²) in [6.45, 7) is 3.75. The summed E-state index contributed by atoms with van der Waals surface area (Å²) in [4.78, 5) is 0. The molecule has 0 radical (unpaired) electrons. The van der Waals surface area contributed by atoms with Gasteiger partial charge in [0.1, 0.15) is 12.4 Å². The summed E-state index contributed by atoms with van der Waals surface area (Å²) < 4.78 is 60.9. The first kappa shape index (κ1) is 17.9. The molecular weight excluding hydrogens is 377 g/mol. The quantitative estimate of drug-likeness (QED) is 0.588. The van der Waals surface area contributed by atoms with Crippen LogP contribution in [0.4, 0.5) is 13.2 Å². The molecule has 0 aliphatic carbocycles. The SMILES string of the molecule is C=CCOc1ccc(C(F)(F)F)cc1-c1nnc(-c2ccc3c(c2)OCO3)o1. The Bertz CT molecular complexity index is 1030. The van der Waals surface area contributed by atoms with Crippen molar-refractivity contribution in [3.63, 3.8) is 0 Å². The first-order valence-electron chi connectivity index (χ1n) is 8.14. The number of hydrogen-bond donors (Lipinski definition) is 0. The first-order chi connectivity index (χ1) is 13.5. The molecule has 0 saturated carbocycles. The van der Waals surface area contributed by atoms with Crippen molar-refractivity contribution >= 4 is 0 Å². The molecule has 28 heavy (non-hydrogen) atoms. The van der Waals surface area contributed by atoms with Crippen molar-refractivity contribution in [2.24, 2.45) is 0 Å². The molecule has 0 saturated heterocycles.